The van der Waals surface area contributed by atoms with E-state index in [4.69, 9.17) is 4.74 Å². The first-order valence-electron chi connectivity index (χ1n) is 8.41. The van der Waals surface area contributed by atoms with Crippen LogP contribution in [0.1, 0.15) is 40.0 Å². The number of fused-ring (bicyclic) bond motifs is 1. The molecule has 7 heteroatoms. The number of nitrogens with zero attached hydrogens (tertiary/aromatic N) is 2. The molecule has 3 rings (SSSR count). The normalized spacial score (nSPS) is 25.0. The van der Waals surface area contributed by atoms with E-state index in [1.54, 1.807) is 27.4 Å². The van der Waals surface area contributed by atoms with Crippen molar-refractivity contribution in [2.24, 2.45) is 0 Å². The molecular weight excluding hydrogens is 328 g/mol. The van der Waals surface area contributed by atoms with Crippen molar-refractivity contribution in [3.8, 4) is 5.75 Å². The van der Waals surface area contributed by atoms with Crippen molar-refractivity contribution in [2.45, 2.75) is 57.1 Å². The van der Waals surface area contributed by atoms with Crippen LogP contribution in [0.5, 0.6) is 5.75 Å². The summed E-state index contributed by atoms with van der Waals surface area (Å²) in [6.45, 7) is 6.28. The smallest absolute Gasteiger partial charge is 0.243 e. The van der Waals surface area contributed by atoms with Gasteiger partial charge in [0, 0.05) is 19.5 Å². The summed E-state index contributed by atoms with van der Waals surface area (Å²) in [7, 11) is -3.57. The molecule has 2 atom stereocenters. The average molecular weight is 352 g/mol. The highest BCUT2D eigenvalue weighted by Gasteiger charge is 2.33. The summed E-state index contributed by atoms with van der Waals surface area (Å²) in [5, 5.41) is 0. The van der Waals surface area contributed by atoms with Crippen molar-refractivity contribution >= 4 is 21.6 Å². The number of hydrogen-bond acceptors (Lipinski definition) is 4. The van der Waals surface area contributed by atoms with Crippen LogP contribution < -0.4 is 9.64 Å². The lowest BCUT2D eigenvalue weighted by Crippen LogP contribution is -2.43. The Bertz CT molecular complexity index is 747. The second kappa shape index (κ2) is 6.37. The second-order valence-electron chi connectivity index (χ2n) is 6.65. The summed E-state index contributed by atoms with van der Waals surface area (Å²) in [5.41, 5.74) is 0.534. The van der Waals surface area contributed by atoms with E-state index in [0.29, 0.717) is 24.5 Å². The van der Waals surface area contributed by atoms with Gasteiger partial charge in [0.15, 0.2) is 0 Å². The van der Waals surface area contributed by atoms with Crippen LogP contribution in [-0.2, 0) is 14.8 Å². The fourth-order valence-electron chi connectivity index (χ4n) is 3.44. The monoisotopic (exact) mass is 352 g/mol. The lowest BCUT2D eigenvalue weighted by molar-refractivity contribution is -0.117. The first kappa shape index (κ1) is 17.2. The maximum absolute atomic E-state index is 13.0. The molecule has 24 heavy (non-hydrogen) atoms. The van der Waals surface area contributed by atoms with Gasteiger partial charge in [0.2, 0.25) is 15.9 Å². The number of benzene rings is 1. The molecule has 132 valence electrons. The maximum atomic E-state index is 13.0. The minimum atomic E-state index is -3.57. The fourth-order valence-corrected chi connectivity index (χ4v) is 5.16. The quantitative estimate of drug-likeness (QED) is 0.820. The summed E-state index contributed by atoms with van der Waals surface area (Å²) in [5.74, 6) is 0.432. The summed E-state index contributed by atoms with van der Waals surface area (Å²) < 4.78 is 33.3. The van der Waals surface area contributed by atoms with Gasteiger partial charge in [0.25, 0.3) is 0 Å². The number of carbonyl (C=O) groups is 1. The number of anilines is 1. The Morgan fingerprint density at radius 3 is 2.67 bits per heavy atom. The molecule has 0 saturated carbocycles. The van der Waals surface area contributed by atoms with Crippen LogP contribution in [0.2, 0.25) is 0 Å². The molecule has 2 heterocycles. The molecule has 1 amide bonds. The van der Waals surface area contributed by atoms with E-state index in [1.165, 1.54) is 6.92 Å². The summed E-state index contributed by atoms with van der Waals surface area (Å²) in [4.78, 5) is 13.7. The molecule has 2 unspecified atom stereocenters. The first-order valence-corrected chi connectivity index (χ1v) is 9.85. The zero-order valence-corrected chi connectivity index (χ0v) is 15.2. The Morgan fingerprint density at radius 1 is 1.25 bits per heavy atom. The van der Waals surface area contributed by atoms with Gasteiger partial charge in [0.1, 0.15) is 11.9 Å². The topological polar surface area (TPSA) is 66.9 Å². The second-order valence-corrected chi connectivity index (χ2v) is 8.54. The largest absolute Gasteiger partial charge is 0.487 e. The minimum Gasteiger partial charge on any atom is -0.487 e. The Labute approximate surface area is 143 Å². The van der Waals surface area contributed by atoms with Crippen LogP contribution in [0, 0.1) is 0 Å². The predicted octanol–water partition coefficient (Wildman–Crippen LogP) is 2.38. The molecule has 2 aliphatic rings. The van der Waals surface area contributed by atoms with Crippen molar-refractivity contribution in [1.82, 2.24) is 4.31 Å². The van der Waals surface area contributed by atoms with Gasteiger partial charge in [-0.05, 0) is 44.9 Å². The molecule has 6 nitrogen and oxygen atoms in total. The van der Waals surface area contributed by atoms with Gasteiger partial charge in [-0.2, -0.15) is 4.31 Å². The fraction of sp³-hybridized carbons (Fsp3) is 0.588. The number of sulfonamides is 1. The van der Waals surface area contributed by atoms with Crippen LogP contribution in [0.15, 0.2) is 23.1 Å². The molecule has 1 aromatic rings. The zero-order valence-electron chi connectivity index (χ0n) is 14.4. The molecule has 1 saturated heterocycles. The molecule has 0 radical (unpaired) electrons. The third-order valence-electron chi connectivity index (χ3n) is 4.72. The van der Waals surface area contributed by atoms with Crippen LogP contribution in [0.4, 0.5) is 5.69 Å². The third-order valence-corrected chi connectivity index (χ3v) is 6.73. The number of rotatable bonds is 2. The van der Waals surface area contributed by atoms with E-state index in [0.717, 1.165) is 19.3 Å². The standard InChI is InChI=1S/C17H24N2O4S/c1-12-6-4-5-9-19(12)24(21,22)15-7-8-17-16(10-15)18(14(3)20)11-13(2)23-17/h7-8,10,12-13H,4-6,9,11H2,1-3H3. The van der Waals surface area contributed by atoms with Gasteiger partial charge in [-0.1, -0.05) is 6.42 Å². The average Bonchev–Trinajstić information content (AvgIpc) is 2.53. The van der Waals surface area contributed by atoms with Crippen molar-refractivity contribution in [2.75, 3.05) is 18.0 Å². The van der Waals surface area contributed by atoms with E-state index < -0.39 is 10.0 Å². The highest BCUT2D eigenvalue weighted by Crippen LogP contribution is 2.37. The van der Waals surface area contributed by atoms with Gasteiger partial charge in [-0.25, -0.2) is 8.42 Å². The molecule has 0 bridgehead atoms. The lowest BCUT2D eigenvalue weighted by atomic mass is 10.1. The maximum Gasteiger partial charge on any atom is 0.243 e. The van der Waals surface area contributed by atoms with Gasteiger partial charge in [0.05, 0.1) is 17.1 Å². The van der Waals surface area contributed by atoms with Crippen molar-refractivity contribution in [1.29, 1.82) is 0 Å². The molecule has 0 aliphatic carbocycles. The lowest BCUT2D eigenvalue weighted by Gasteiger charge is -2.35. The van der Waals surface area contributed by atoms with E-state index in [9.17, 15) is 13.2 Å². The number of carbonyl (C=O) groups excluding carboxylic acids is 1. The minimum absolute atomic E-state index is 0.0000326. The molecule has 0 spiro atoms. The van der Waals surface area contributed by atoms with Crippen LogP contribution in [-0.4, -0.2) is 43.9 Å². The van der Waals surface area contributed by atoms with Crippen molar-refractivity contribution in [3.63, 3.8) is 0 Å². The van der Waals surface area contributed by atoms with E-state index in [2.05, 4.69) is 0 Å². The Morgan fingerprint density at radius 2 is 2.00 bits per heavy atom. The highest BCUT2D eigenvalue weighted by atomic mass is 32.2. The predicted molar refractivity (Wildman–Crippen MR) is 91.8 cm³/mol. The molecule has 1 aromatic carbocycles. The van der Waals surface area contributed by atoms with Crippen molar-refractivity contribution < 1.29 is 17.9 Å². The number of amides is 1. The number of piperidine rings is 1. The Balaban J connectivity index is 2.01. The van der Waals surface area contributed by atoms with Crippen LogP contribution in [0.3, 0.4) is 0 Å². The van der Waals surface area contributed by atoms with Crippen molar-refractivity contribution in [3.05, 3.63) is 18.2 Å². The molecular formula is C17H24N2O4S. The first-order chi connectivity index (χ1) is 11.3. The van der Waals surface area contributed by atoms with Gasteiger partial charge >= 0.3 is 0 Å². The summed E-state index contributed by atoms with van der Waals surface area (Å²) in [6.07, 6.45) is 2.70. The van der Waals surface area contributed by atoms with Gasteiger partial charge in [-0.15, -0.1) is 0 Å². The van der Waals surface area contributed by atoms with E-state index in [1.807, 2.05) is 13.8 Å². The van der Waals surface area contributed by atoms with E-state index in [-0.39, 0.29) is 22.9 Å². The summed E-state index contributed by atoms with van der Waals surface area (Å²) in [6, 6.07) is 4.80. The zero-order chi connectivity index (χ0) is 17.5. The molecule has 1 fully saturated rings. The Kier molecular flexibility index (Phi) is 4.57. The SMILES string of the molecule is CC(=O)N1CC(C)Oc2ccc(S(=O)(=O)N3CCCCC3C)cc21. The van der Waals surface area contributed by atoms with Gasteiger partial charge < -0.3 is 9.64 Å². The number of hydrogen-bond donors (Lipinski definition) is 0. The van der Waals surface area contributed by atoms with E-state index >= 15 is 0 Å². The Hall–Kier alpha value is -1.60. The molecule has 2 aliphatic heterocycles. The van der Waals surface area contributed by atoms with Gasteiger partial charge in [-0.3, -0.25) is 4.79 Å². The molecule has 0 aromatic heterocycles. The van der Waals surface area contributed by atoms with Crippen LogP contribution in [0.25, 0.3) is 0 Å². The third kappa shape index (κ3) is 3.02. The molecule has 0 N–H and O–H groups in total. The van der Waals surface area contributed by atoms with Crippen LogP contribution >= 0.6 is 0 Å². The number of ether oxygens (including phenoxy) is 1. The highest BCUT2D eigenvalue weighted by molar-refractivity contribution is 7.89. The summed E-state index contributed by atoms with van der Waals surface area (Å²) >= 11 is 0.